The van der Waals surface area contributed by atoms with E-state index in [1.54, 1.807) is 33.5 Å². The summed E-state index contributed by atoms with van der Waals surface area (Å²) in [6.45, 7) is 2.18. The Morgan fingerprint density at radius 1 is 1.06 bits per heavy atom. The van der Waals surface area contributed by atoms with Crippen LogP contribution in [0.25, 0.3) is 11.1 Å². The fourth-order valence-electron chi connectivity index (χ4n) is 4.60. The van der Waals surface area contributed by atoms with Gasteiger partial charge in [-0.15, -0.1) is 0 Å². The lowest BCUT2D eigenvalue weighted by Crippen LogP contribution is -2.42. The normalized spacial score (nSPS) is 19.2. The van der Waals surface area contributed by atoms with E-state index in [1.807, 2.05) is 31.4 Å². The number of piperidine rings is 1. The van der Waals surface area contributed by atoms with Crippen LogP contribution in [-0.2, 0) is 21.8 Å². The van der Waals surface area contributed by atoms with Crippen molar-refractivity contribution in [2.45, 2.75) is 36.2 Å². The number of rotatable bonds is 7. The van der Waals surface area contributed by atoms with E-state index in [1.165, 1.54) is 0 Å². The van der Waals surface area contributed by atoms with E-state index >= 15 is 0 Å². The molecule has 1 aromatic carbocycles. The van der Waals surface area contributed by atoms with E-state index in [2.05, 4.69) is 26.8 Å². The van der Waals surface area contributed by atoms with Crippen LogP contribution in [0, 0.1) is 11.3 Å². The molecule has 0 spiro atoms. The van der Waals surface area contributed by atoms with Crippen molar-refractivity contribution in [3.8, 4) is 17.2 Å². The predicted octanol–water partition coefficient (Wildman–Crippen LogP) is 2.82. The number of hydrogen-bond acceptors (Lipinski definition) is 8. The molecule has 2 aromatic heterocycles. The number of nitriles is 1. The summed E-state index contributed by atoms with van der Waals surface area (Å²) in [6.07, 6.45) is 7.43. The smallest absolute Gasteiger partial charge is 0.243 e. The van der Waals surface area contributed by atoms with Crippen LogP contribution in [0.5, 0.6) is 0 Å². The third kappa shape index (κ3) is 5.21. The van der Waals surface area contributed by atoms with Crippen molar-refractivity contribution in [2.75, 3.05) is 36.9 Å². The maximum absolute atomic E-state index is 13.2. The first kappa shape index (κ1) is 24.2. The second kappa shape index (κ2) is 10.3. The quantitative estimate of drug-likeness (QED) is 0.500. The van der Waals surface area contributed by atoms with Gasteiger partial charge in [0.05, 0.1) is 35.0 Å². The summed E-state index contributed by atoms with van der Waals surface area (Å²) in [4.78, 5) is 4.68. The maximum Gasteiger partial charge on any atom is 0.243 e. The SMILES string of the molecule is Cn1cc(-c2ccc(S(=O)(=O)N3CCC(Nc4cc(N[C@H]5CCOC5)c(C#N)cn4)CC3)cc2)cn1. The molecule has 2 N–H and O–H groups in total. The highest BCUT2D eigenvalue weighted by molar-refractivity contribution is 7.89. The molecule has 36 heavy (non-hydrogen) atoms. The minimum absolute atomic E-state index is 0.0903. The molecule has 0 amide bonds. The van der Waals surface area contributed by atoms with Crippen LogP contribution < -0.4 is 10.6 Å². The first-order valence-corrected chi connectivity index (χ1v) is 13.5. The Morgan fingerprint density at radius 3 is 2.47 bits per heavy atom. The molecule has 10 nitrogen and oxygen atoms in total. The van der Waals surface area contributed by atoms with Gasteiger partial charge in [0.2, 0.25) is 10.0 Å². The zero-order chi connectivity index (χ0) is 25.1. The molecule has 2 aliphatic rings. The van der Waals surface area contributed by atoms with Crippen molar-refractivity contribution in [2.24, 2.45) is 7.05 Å². The highest BCUT2D eigenvalue weighted by atomic mass is 32.2. The fourth-order valence-corrected chi connectivity index (χ4v) is 6.07. The second-order valence-corrected chi connectivity index (χ2v) is 11.1. The molecular weight excluding hydrogens is 478 g/mol. The average molecular weight is 508 g/mol. The molecule has 3 aromatic rings. The largest absolute Gasteiger partial charge is 0.379 e. The van der Waals surface area contributed by atoms with Gasteiger partial charge in [-0.05, 0) is 37.0 Å². The third-order valence-electron chi connectivity index (χ3n) is 6.65. The molecule has 2 aliphatic heterocycles. The Balaban J connectivity index is 1.20. The van der Waals surface area contributed by atoms with Crippen molar-refractivity contribution in [3.63, 3.8) is 0 Å². The summed E-state index contributed by atoms with van der Waals surface area (Å²) in [7, 11) is -1.72. The van der Waals surface area contributed by atoms with Crippen LogP contribution in [0.2, 0.25) is 0 Å². The van der Waals surface area contributed by atoms with E-state index < -0.39 is 10.0 Å². The molecule has 0 saturated carbocycles. The Labute approximate surface area is 211 Å². The van der Waals surface area contributed by atoms with Crippen LogP contribution in [0.15, 0.2) is 53.8 Å². The van der Waals surface area contributed by atoms with Crippen molar-refractivity contribution < 1.29 is 13.2 Å². The van der Waals surface area contributed by atoms with Gasteiger partial charge in [-0.3, -0.25) is 4.68 Å². The Morgan fingerprint density at radius 2 is 1.83 bits per heavy atom. The fraction of sp³-hybridized carbons (Fsp3) is 0.400. The van der Waals surface area contributed by atoms with Crippen LogP contribution in [0.3, 0.4) is 0 Å². The summed E-state index contributed by atoms with van der Waals surface area (Å²) in [5, 5.41) is 20.4. The molecule has 0 radical (unpaired) electrons. The number of benzene rings is 1. The molecule has 1 atom stereocenters. The summed E-state index contributed by atoms with van der Waals surface area (Å²) in [5.74, 6) is 0.669. The van der Waals surface area contributed by atoms with E-state index in [0.717, 1.165) is 23.2 Å². The Kier molecular flexibility index (Phi) is 6.91. The van der Waals surface area contributed by atoms with E-state index in [9.17, 15) is 13.7 Å². The Hall–Kier alpha value is -3.46. The van der Waals surface area contributed by atoms with E-state index in [0.29, 0.717) is 55.4 Å². The minimum Gasteiger partial charge on any atom is -0.379 e. The molecule has 0 unspecified atom stereocenters. The summed E-state index contributed by atoms with van der Waals surface area (Å²) in [5.41, 5.74) is 3.09. The number of aromatic nitrogens is 3. The molecule has 0 aliphatic carbocycles. The first-order chi connectivity index (χ1) is 17.4. The van der Waals surface area contributed by atoms with Crippen LogP contribution in [-0.4, -0.2) is 65.9 Å². The molecule has 2 fully saturated rings. The van der Waals surface area contributed by atoms with Crippen LogP contribution in [0.1, 0.15) is 24.8 Å². The predicted molar refractivity (Wildman–Crippen MR) is 136 cm³/mol. The van der Waals surface area contributed by atoms with Gasteiger partial charge in [0.25, 0.3) is 0 Å². The molecule has 0 bridgehead atoms. The molecular formula is C25H29N7O3S. The molecule has 5 rings (SSSR count). The van der Waals surface area contributed by atoms with Gasteiger partial charge in [-0.2, -0.15) is 14.7 Å². The van der Waals surface area contributed by atoms with E-state index in [-0.39, 0.29) is 12.1 Å². The highest BCUT2D eigenvalue weighted by Crippen LogP contribution is 2.27. The molecule has 188 valence electrons. The lowest BCUT2D eigenvalue weighted by atomic mass is 10.1. The minimum atomic E-state index is -3.57. The number of nitrogens with one attached hydrogen (secondary N) is 2. The van der Waals surface area contributed by atoms with Gasteiger partial charge in [0.15, 0.2) is 0 Å². The Bertz CT molecular complexity index is 1350. The number of sulfonamides is 1. The summed E-state index contributed by atoms with van der Waals surface area (Å²) >= 11 is 0. The van der Waals surface area contributed by atoms with Crippen molar-refractivity contribution >= 4 is 21.5 Å². The number of nitrogens with zero attached hydrogens (tertiary/aromatic N) is 5. The number of aryl methyl sites for hydroxylation is 1. The van der Waals surface area contributed by atoms with Crippen molar-refractivity contribution in [3.05, 3.63) is 54.5 Å². The van der Waals surface area contributed by atoms with Gasteiger partial charge in [-0.1, -0.05) is 12.1 Å². The van der Waals surface area contributed by atoms with Gasteiger partial charge in [0.1, 0.15) is 11.9 Å². The zero-order valence-corrected chi connectivity index (χ0v) is 20.9. The lowest BCUT2D eigenvalue weighted by Gasteiger charge is -2.32. The first-order valence-electron chi connectivity index (χ1n) is 12.0. The van der Waals surface area contributed by atoms with Crippen LogP contribution in [0.4, 0.5) is 11.5 Å². The maximum atomic E-state index is 13.2. The van der Waals surface area contributed by atoms with Gasteiger partial charge >= 0.3 is 0 Å². The topological polar surface area (TPSA) is 125 Å². The summed E-state index contributed by atoms with van der Waals surface area (Å²) in [6, 6.07) is 11.3. The zero-order valence-electron chi connectivity index (χ0n) is 20.1. The van der Waals surface area contributed by atoms with Gasteiger partial charge < -0.3 is 15.4 Å². The van der Waals surface area contributed by atoms with E-state index in [4.69, 9.17) is 4.74 Å². The average Bonchev–Trinajstić information content (AvgIpc) is 3.56. The molecule has 4 heterocycles. The lowest BCUT2D eigenvalue weighted by molar-refractivity contribution is 0.195. The highest BCUT2D eigenvalue weighted by Gasteiger charge is 2.29. The van der Waals surface area contributed by atoms with Gasteiger partial charge in [-0.25, -0.2) is 13.4 Å². The molecule has 11 heteroatoms. The standard InChI is InChI=1S/C25H29N7O3S/c1-31-16-20(15-28-31)18-2-4-23(5-3-18)36(33,34)32-9-6-21(7-10-32)30-25-12-24(19(13-26)14-27-25)29-22-8-11-35-17-22/h2-5,12,14-16,21-22H,6-11,17H2,1H3,(H2,27,29,30)/t22-/m0/s1. The van der Waals surface area contributed by atoms with Crippen LogP contribution >= 0.6 is 0 Å². The van der Waals surface area contributed by atoms with Crippen molar-refractivity contribution in [1.29, 1.82) is 5.26 Å². The second-order valence-electron chi connectivity index (χ2n) is 9.18. The molecule has 2 saturated heterocycles. The van der Waals surface area contributed by atoms with Crippen molar-refractivity contribution in [1.82, 2.24) is 19.1 Å². The van der Waals surface area contributed by atoms with Gasteiger partial charge in [0, 0.05) is 56.8 Å². The third-order valence-corrected chi connectivity index (χ3v) is 8.56. The summed E-state index contributed by atoms with van der Waals surface area (Å²) < 4.78 is 35.1. The number of ether oxygens (including phenoxy) is 1. The monoisotopic (exact) mass is 507 g/mol. The number of anilines is 2. The number of pyridine rings is 1. The number of hydrogen-bond donors (Lipinski definition) is 2.